The first-order chi connectivity index (χ1) is 9.78. The molecule has 0 N–H and O–H groups in total. The molecule has 1 heterocycles. The number of hydrogen-bond donors (Lipinski definition) is 0. The third kappa shape index (κ3) is 2.23. The summed E-state index contributed by atoms with van der Waals surface area (Å²) in [6.07, 6.45) is 2.56. The van der Waals surface area contributed by atoms with Crippen molar-refractivity contribution in [2.45, 2.75) is 6.92 Å². The van der Waals surface area contributed by atoms with Gasteiger partial charge in [0.25, 0.3) is 0 Å². The Morgan fingerprint density at radius 2 is 1.70 bits per heavy atom. The predicted molar refractivity (Wildman–Crippen MR) is 76.9 cm³/mol. The van der Waals surface area contributed by atoms with Crippen molar-refractivity contribution in [2.24, 2.45) is 0 Å². The van der Waals surface area contributed by atoms with Crippen LogP contribution in [0.15, 0.2) is 54.7 Å². The number of rotatable bonds is 3. The number of aryl methyl sites for hydroxylation is 1. The lowest BCUT2D eigenvalue weighted by molar-refractivity contribution is 0.112. The van der Waals surface area contributed by atoms with Crippen LogP contribution in [0.2, 0.25) is 0 Å². The Labute approximate surface area is 116 Å². The molecule has 20 heavy (non-hydrogen) atoms. The van der Waals surface area contributed by atoms with E-state index >= 15 is 0 Å². The van der Waals surface area contributed by atoms with Crippen LogP contribution < -0.4 is 0 Å². The number of hydrogen-bond acceptors (Lipinski definition) is 3. The Balaban J connectivity index is 2.04. The van der Waals surface area contributed by atoms with Crippen LogP contribution >= 0.6 is 0 Å². The first kappa shape index (κ1) is 12.3. The smallest absolute Gasteiger partial charge is 0.150 e. The molecule has 0 amide bonds. The molecule has 4 nitrogen and oxygen atoms in total. The Morgan fingerprint density at radius 3 is 2.35 bits per heavy atom. The maximum atomic E-state index is 10.7. The molecule has 0 aliphatic carbocycles. The lowest BCUT2D eigenvalue weighted by atomic mass is 10.1. The van der Waals surface area contributed by atoms with Crippen LogP contribution in [0.1, 0.15) is 15.9 Å². The fourth-order valence-electron chi connectivity index (χ4n) is 2.04. The molecule has 3 aromatic rings. The van der Waals surface area contributed by atoms with E-state index in [2.05, 4.69) is 29.4 Å². The number of benzene rings is 2. The van der Waals surface area contributed by atoms with E-state index < -0.39 is 0 Å². The van der Waals surface area contributed by atoms with Gasteiger partial charge in [-0.3, -0.25) is 4.79 Å². The van der Waals surface area contributed by atoms with Gasteiger partial charge in [0, 0.05) is 11.1 Å². The molecule has 3 rings (SSSR count). The molecule has 0 saturated carbocycles. The molecule has 0 saturated heterocycles. The minimum atomic E-state index is 0.644. The van der Waals surface area contributed by atoms with Crippen molar-refractivity contribution in [2.75, 3.05) is 0 Å². The van der Waals surface area contributed by atoms with Gasteiger partial charge in [0.05, 0.1) is 17.6 Å². The van der Waals surface area contributed by atoms with Gasteiger partial charge in [0.2, 0.25) is 0 Å². The molecule has 0 aliphatic rings. The number of aromatic nitrogens is 3. The molecule has 0 bridgehead atoms. The second-order valence-electron chi connectivity index (χ2n) is 4.61. The van der Waals surface area contributed by atoms with Crippen LogP contribution in [0.25, 0.3) is 16.9 Å². The topological polar surface area (TPSA) is 47.8 Å². The molecule has 2 aromatic carbocycles. The van der Waals surface area contributed by atoms with Crippen LogP contribution in [-0.2, 0) is 0 Å². The Hall–Kier alpha value is -2.75. The second-order valence-corrected chi connectivity index (χ2v) is 4.61. The van der Waals surface area contributed by atoms with E-state index in [9.17, 15) is 4.79 Å². The maximum Gasteiger partial charge on any atom is 0.150 e. The van der Waals surface area contributed by atoms with Crippen LogP contribution in [0.5, 0.6) is 0 Å². The highest BCUT2D eigenvalue weighted by Crippen LogP contribution is 2.21. The highest BCUT2D eigenvalue weighted by Gasteiger charge is 2.08. The van der Waals surface area contributed by atoms with E-state index in [0.29, 0.717) is 5.56 Å². The van der Waals surface area contributed by atoms with Crippen molar-refractivity contribution >= 4 is 6.29 Å². The zero-order chi connectivity index (χ0) is 13.9. The largest absolute Gasteiger partial charge is 0.298 e. The van der Waals surface area contributed by atoms with Gasteiger partial charge in [-0.1, -0.05) is 35.0 Å². The van der Waals surface area contributed by atoms with Gasteiger partial charge in [-0.2, -0.15) is 0 Å². The van der Waals surface area contributed by atoms with Crippen LogP contribution in [-0.4, -0.2) is 21.3 Å². The van der Waals surface area contributed by atoms with Crippen molar-refractivity contribution in [1.82, 2.24) is 15.0 Å². The molecule has 1 aromatic heterocycles. The maximum absolute atomic E-state index is 10.7. The quantitative estimate of drug-likeness (QED) is 0.682. The molecule has 4 heteroatoms. The summed E-state index contributed by atoms with van der Waals surface area (Å²) in [4.78, 5) is 10.7. The van der Waals surface area contributed by atoms with E-state index in [0.717, 1.165) is 23.2 Å². The molecule has 0 atom stereocenters. The SMILES string of the molecule is Cc1ccc(-c2cnnn2-c2ccc(C=O)cc2)cc1. The molecular formula is C16H13N3O. The highest BCUT2D eigenvalue weighted by molar-refractivity contribution is 5.75. The van der Waals surface area contributed by atoms with Crippen molar-refractivity contribution in [3.8, 4) is 16.9 Å². The van der Waals surface area contributed by atoms with Crippen LogP contribution in [0.4, 0.5) is 0 Å². The summed E-state index contributed by atoms with van der Waals surface area (Å²) in [5.41, 5.74) is 4.71. The Morgan fingerprint density at radius 1 is 1.00 bits per heavy atom. The molecule has 0 spiro atoms. The fraction of sp³-hybridized carbons (Fsp3) is 0.0625. The van der Waals surface area contributed by atoms with Gasteiger partial charge in [-0.05, 0) is 31.2 Å². The zero-order valence-electron chi connectivity index (χ0n) is 11.0. The van der Waals surface area contributed by atoms with Gasteiger partial charge in [0.1, 0.15) is 6.29 Å². The summed E-state index contributed by atoms with van der Waals surface area (Å²) in [5, 5.41) is 8.10. The molecule has 0 fully saturated rings. The number of aldehydes is 1. The summed E-state index contributed by atoms with van der Waals surface area (Å²) in [5.74, 6) is 0. The van der Waals surface area contributed by atoms with Gasteiger partial charge in [-0.15, -0.1) is 5.10 Å². The first-order valence-electron chi connectivity index (χ1n) is 6.31. The molecule has 0 radical (unpaired) electrons. The standard InChI is InChI=1S/C16H13N3O/c1-12-2-6-14(7-3-12)16-10-17-18-19(16)15-8-4-13(11-20)5-9-15/h2-11H,1H3. The predicted octanol–water partition coefficient (Wildman–Crippen LogP) is 3.06. The third-order valence-corrected chi connectivity index (χ3v) is 3.17. The van der Waals surface area contributed by atoms with Crippen molar-refractivity contribution in [1.29, 1.82) is 0 Å². The lowest BCUT2D eigenvalue weighted by Crippen LogP contribution is -1.99. The van der Waals surface area contributed by atoms with Gasteiger partial charge < -0.3 is 0 Å². The number of carbonyl (C=O) groups is 1. The van der Waals surface area contributed by atoms with Gasteiger partial charge in [-0.25, -0.2) is 4.68 Å². The van der Waals surface area contributed by atoms with Crippen molar-refractivity contribution in [3.63, 3.8) is 0 Å². The minimum Gasteiger partial charge on any atom is -0.298 e. The summed E-state index contributed by atoms with van der Waals surface area (Å²) in [6.45, 7) is 2.05. The fourth-order valence-corrected chi connectivity index (χ4v) is 2.04. The highest BCUT2D eigenvalue weighted by atomic mass is 16.1. The lowest BCUT2D eigenvalue weighted by Gasteiger charge is -2.06. The van der Waals surface area contributed by atoms with Crippen LogP contribution in [0, 0.1) is 6.92 Å². The van der Waals surface area contributed by atoms with Crippen molar-refractivity contribution < 1.29 is 4.79 Å². The monoisotopic (exact) mass is 263 g/mol. The van der Waals surface area contributed by atoms with Gasteiger partial charge in [0.15, 0.2) is 0 Å². The summed E-state index contributed by atoms with van der Waals surface area (Å²) in [7, 11) is 0. The van der Waals surface area contributed by atoms with Gasteiger partial charge >= 0.3 is 0 Å². The summed E-state index contributed by atoms with van der Waals surface area (Å²) >= 11 is 0. The molecule has 0 aliphatic heterocycles. The average molecular weight is 263 g/mol. The molecule has 98 valence electrons. The zero-order valence-corrected chi connectivity index (χ0v) is 11.0. The minimum absolute atomic E-state index is 0.644. The van der Waals surface area contributed by atoms with E-state index in [4.69, 9.17) is 0 Å². The Bertz CT molecular complexity index is 727. The third-order valence-electron chi connectivity index (χ3n) is 3.17. The molecular weight excluding hydrogens is 250 g/mol. The van der Waals surface area contributed by atoms with Crippen LogP contribution in [0.3, 0.4) is 0 Å². The normalized spacial score (nSPS) is 10.4. The summed E-state index contributed by atoms with van der Waals surface area (Å²) < 4.78 is 1.76. The average Bonchev–Trinajstić information content (AvgIpc) is 2.97. The van der Waals surface area contributed by atoms with E-state index in [1.807, 2.05) is 24.3 Å². The number of carbonyl (C=O) groups excluding carboxylic acids is 1. The van der Waals surface area contributed by atoms with E-state index in [1.165, 1.54) is 5.56 Å². The summed E-state index contributed by atoms with van der Waals surface area (Å²) in [6, 6.07) is 15.5. The van der Waals surface area contributed by atoms with E-state index in [-0.39, 0.29) is 0 Å². The Kier molecular flexibility index (Phi) is 3.13. The second kappa shape index (κ2) is 5.09. The van der Waals surface area contributed by atoms with E-state index in [1.54, 1.807) is 23.0 Å². The van der Waals surface area contributed by atoms with Crippen molar-refractivity contribution in [3.05, 3.63) is 65.9 Å². The molecule has 0 unspecified atom stereocenters. The number of nitrogens with zero attached hydrogens (tertiary/aromatic N) is 3. The first-order valence-corrected chi connectivity index (χ1v) is 6.31.